The molecule has 0 amide bonds. The Balaban J connectivity index is 1.28. The molecule has 7 heteroatoms. The van der Waals surface area contributed by atoms with Gasteiger partial charge in [-0.25, -0.2) is 9.97 Å². The number of pyridine rings is 1. The summed E-state index contributed by atoms with van der Waals surface area (Å²) in [5.74, 6) is 0.593. The van der Waals surface area contributed by atoms with Crippen molar-refractivity contribution < 1.29 is 0 Å². The van der Waals surface area contributed by atoms with E-state index in [1.165, 1.54) is 4.90 Å². The van der Waals surface area contributed by atoms with Gasteiger partial charge in [-0.2, -0.15) is 0 Å². The fourth-order valence-electron chi connectivity index (χ4n) is 8.59. The predicted octanol–water partition coefficient (Wildman–Crippen LogP) is 11.3. The van der Waals surface area contributed by atoms with E-state index in [4.69, 9.17) is 9.97 Å². The summed E-state index contributed by atoms with van der Waals surface area (Å²) < 4.78 is 6.30. The summed E-state index contributed by atoms with van der Waals surface area (Å²) in [5.41, 5.74) is 9.29. The van der Waals surface area contributed by atoms with Crippen molar-refractivity contribution in [1.82, 2.24) is 23.7 Å². The lowest BCUT2D eigenvalue weighted by molar-refractivity contribution is 1.01. The number of nitrogens with zero attached hydrogens (tertiary/aromatic N) is 5. The van der Waals surface area contributed by atoms with Crippen LogP contribution in [0.5, 0.6) is 0 Å². The van der Waals surface area contributed by atoms with Gasteiger partial charge in [-0.1, -0.05) is 109 Å². The second-order valence-corrected chi connectivity index (χ2v) is 14.8. The second-order valence-electron chi connectivity index (χ2n) is 13.7. The molecule has 0 bridgehead atoms. The summed E-state index contributed by atoms with van der Waals surface area (Å²) in [6.07, 6.45) is 0. The molecule has 0 fully saturated rings. The van der Waals surface area contributed by atoms with Crippen LogP contribution in [-0.2, 0) is 0 Å². The summed E-state index contributed by atoms with van der Waals surface area (Å²) in [7, 11) is 0. The van der Waals surface area contributed by atoms with Crippen molar-refractivity contribution in [2.75, 3.05) is 0 Å². The van der Waals surface area contributed by atoms with Crippen LogP contribution in [0, 0.1) is 0 Å². The van der Waals surface area contributed by atoms with E-state index in [0.29, 0.717) is 11.3 Å². The third-order valence-corrected chi connectivity index (χ3v) is 12.0. The lowest BCUT2D eigenvalue weighted by Gasteiger charge is -2.20. The first-order valence-corrected chi connectivity index (χ1v) is 18.8. The highest BCUT2D eigenvalue weighted by Crippen LogP contribution is 2.47. The van der Waals surface area contributed by atoms with Gasteiger partial charge in [0.15, 0.2) is 0 Å². The first kappa shape index (κ1) is 29.6. The maximum Gasteiger partial charge on any atom is 0.265 e. The van der Waals surface area contributed by atoms with E-state index in [2.05, 4.69) is 112 Å². The number of aromatic nitrogens is 5. The van der Waals surface area contributed by atoms with Gasteiger partial charge >= 0.3 is 0 Å². The zero-order valence-electron chi connectivity index (χ0n) is 28.6. The minimum absolute atomic E-state index is 0.0652. The van der Waals surface area contributed by atoms with Gasteiger partial charge in [0.05, 0.1) is 44.2 Å². The first-order chi connectivity index (χ1) is 26.7. The van der Waals surface area contributed by atoms with Gasteiger partial charge in [0.2, 0.25) is 5.95 Å². The van der Waals surface area contributed by atoms with Crippen LogP contribution in [0.15, 0.2) is 178 Å². The molecule has 1 aliphatic heterocycles. The van der Waals surface area contributed by atoms with E-state index in [-0.39, 0.29) is 5.56 Å². The lowest BCUT2D eigenvalue weighted by atomic mass is 10.1. The predicted molar refractivity (Wildman–Crippen MR) is 221 cm³/mol. The normalized spacial score (nSPS) is 12.4. The Morgan fingerprint density at radius 3 is 1.87 bits per heavy atom. The zero-order chi connectivity index (χ0) is 35.5. The van der Waals surface area contributed by atoms with Gasteiger partial charge in [0.25, 0.3) is 5.56 Å². The Labute approximate surface area is 312 Å². The minimum atomic E-state index is -0.0652. The lowest BCUT2D eigenvalue weighted by Crippen LogP contribution is -2.19. The van der Waals surface area contributed by atoms with Crippen LogP contribution in [0.25, 0.3) is 94.0 Å². The third-order valence-electron chi connectivity index (χ3n) is 10.8. The standard InChI is InChI=1S/C47H27N5OS/c53-46-42-31-19-8-11-23-37(31)50(28-14-3-1-4-15-28)45(42)34-26-33-30-18-7-10-22-36(30)52(38(33)27-39(34)51(46)29-16-5-2-6-17-29)47-48-35-21-13-25-41-43(35)44(49-47)32-20-9-12-24-40(32)54-41/h1-27H. The average molecular weight is 710 g/mol. The van der Waals surface area contributed by atoms with Crippen LogP contribution in [0.1, 0.15) is 0 Å². The van der Waals surface area contributed by atoms with Crippen molar-refractivity contribution in [3.63, 3.8) is 0 Å². The zero-order valence-corrected chi connectivity index (χ0v) is 29.5. The highest BCUT2D eigenvalue weighted by Gasteiger charge is 2.26. The topological polar surface area (TPSA) is 57.6 Å². The fourth-order valence-corrected chi connectivity index (χ4v) is 9.70. The van der Waals surface area contributed by atoms with Crippen LogP contribution in [0.2, 0.25) is 0 Å². The largest absolute Gasteiger partial charge is 0.308 e. The molecule has 5 heterocycles. The Morgan fingerprint density at radius 2 is 1.07 bits per heavy atom. The van der Waals surface area contributed by atoms with Crippen molar-refractivity contribution in [2.45, 2.75) is 9.79 Å². The highest BCUT2D eigenvalue weighted by atomic mass is 32.2. The number of para-hydroxylation sites is 4. The molecule has 6 nitrogen and oxygen atoms in total. The van der Waals surface area contributed by atoms with Gasteiger partial charge in [-0.15, -0.1) is 0 Å². The molecule has 0 radical (unpaired) electrons. The Hall–Kier alpha value is -6.96. The molecule has 0 saturated carbocycles. The number of fused-ring (bicyclic) bond motifs is 10. The van der Waals surface area contributed by atoms with Gasteiger partial charge in [0, 0.05) is 53.7 Å². The molecule has 252 valence electrons. The van der Waals surface area contributed by atoms with Crippen LogP contribution in [0.4, 0.5) is 0 Å². The van der Waals surface area contributed by atoms with Crippen LogP contribution in [-0.4, -0.2) is 23.7 Å². The van der Waals surface area contributed by atoms with E-state index in [9.17, 15) is 0 Å². The Bertz CT molecular complexity index is 3440. The number of benzene rings is 7. The van der Waals surface area contributed by atoms with Crippen LogP contribution in [0.3, 0.4) is 0 Å². The summed E-state index contributed by atoms with van der Waals surface area (Å²) >= 11 is 1.77. The highest BCUT2D eigenvalue weighted by molar-refractivity contribution is 7.99. The summed E-state index contributed by atoms with van der Waals surface area (Å²) in [5, 5.41) is 5.82. The molecule has 0 spiro atoms. The minimum Gasteiger partial charge on any atom is -0.308 e. The first-order valence-electron chi connectivity index (χ1n) is 18.0. The van der Waals surface area contributed by atoms with Gasteiger partial charge in [-0.3, -0.25) is 13.9 Å². The van der Waals surface area contributed by atoms with E-state index in [1.807, 2.05) is 65.2 Å². The summed E-state index contributed by atoms with van der Waals surface area (Å²) in [6.45, 7) is 0. The molecule has 4 aromatic heterocycles. The summed E-state index contributed by atoms with van der Waals surface area (Å²) in [4.78, 5) is 28.2. The molecule has 0 unspecified atom stereocenters. The molecule has 12 rings (SSSR count). The number of hydrogen-bond acceptors (Lipinski definition) is 4. The maximum atomic E-state index is 15.2. The maximum absolute atomic E-state index is 15.2. The fraction of sp³-hybridized carbons (Fsp3) is 0. The molecule has 1 aliphatic rings. The number of hydrogen-bond donors (Lipinski definition) is 0. The quantitative estimate of drug-likeness (QED) is 0.183. The van der Waals surface area contributed by atoms with Gasteiger partial charge in [-0.05, 0) is 66.7 Å². The monoisotopic (exact) mass is 709 g/mol. The molecular weight excluding hydrogens is 683 g/mol. The van der Waals surface area contributed by atoms with E-state index in [0.717, 1.165) is 87.6 Å². The molecule has 0 atom stereocenters. The summed E-state index contributed by atoms with van der Waals surface area (Å²) in [6, 6.07) is 56.2. The van der Waals surface area contributed by atoms with E-state index in [1.54, 1.807) is 11.8 Å². The SMILES string of the molecule is O=c1c2c3ccccc3n(-c3ccccc3)c2c2cc3c4ccccc4n(-c4nc5c6c(cccc6n4)Sc4ccccc4-5)c3cc2n1-c1ccccc1. The van der Waals surface area contributed by atoms with Crippen molar-refractivity contribution in [1.29, 1.82) is 0 Å². The Morgan fingerprint density at radius 1 is 0.444 bits per heavy atom. The smallest absolute Gasteiger partial charge is 0.265 e. The number of rotatable bonds is 3. The molecular formula is C47H27N5OS. The van der Waals surface area contributed by atoms with Crippen LogP contribution >= 0.6 is 11.8 Å². The van der Waals surface area contributed by atoms with Crippen molar-refractivity contribution in [2.24, 2.45) is 0 Å². The van der Waals surface area contributed by atoms with E-state index >= 15 is 4.79 Å². The molecule has 0 saturated heterocycles. The average Bonchev–Trinajstić information content (AvgIpc) is 3.74. The van der Waals surface area contributed by atoms with Gasteiger partial charge in [0.1, 0.15) is 0 Å². The third kappa shape index (κ3) is 3.99. The van der Waals surface area contributed by atoms with Crippen LogP contribution < -0.4 is 5.56 Å². The van der Waals surface area contributed by atoms with Crippen molar-refractivity contribution >= 4 is 77.2 Å². The van der Waals surface area contributed by atoms with Crippen molar-refractivity contribution in [3.8, 4) is 28.6 Å². The van der Waals surface area contributed by atoms with Gasteiger partial charge < -0.3 is 4.57 Å². The van der Waals surface area contributed by atoms with Crippen molar-refractivity contribution in [3.05, 3.63) is 174 Å². The molecule has 0 N–H and O–H groups in total. The molecule has 11 aromatic rings. The molecule has 0 aliphatic carbocycles. The molecule has 54 heavy (non-hydrogen) atoms. The van der Waals surface area contributed by atoms with E-state index < -0.39 is 0 Å². The second kappa shape index (κ2) is 11.0. The Kier molecular flexibility index (Phi) is 6.04. The molecule has 7 aromatic carbocycles.